The Morgan fingerprint density at radius 1 is 1.43 bits per heavy atom. The maximum Gasteiger partial charge on any atom is 0.252 e. The number of carbonyl (C=O) groups is 1. The average Bonchev–Trinajstić information content (AvgIpc) is 2.50. The standard InChI is InChI=1S/C9H10N4O/c1-5-8(7(3)14)6(2)13-9(12-5)10-4-11-13/h4H,1-3H3. The quantitative estimate of drug-likeness (QED) is 0.628. The van der Waals surface area contributed by atoms with E-state index in [2.05, 4.69) is 15.1 Å². The van der Waals surface area contributed by atoms with E-state index in [1.165, 1.54) is 13.3 Å². The van der Waals surface area contributed by atoms with Crippen LogP contribution in [0.1, 0.15) is 28.7 Å². The predicted molar refractivity (Wildman–Crippen MR) is 50.3 cm³/mol. The van der Waals surface area contributed by atoms with E-state index in [1.807, 2.05) is 6.92 Å². The number of ketones is 1. The van der Waals surface area contributed by atoms with Gasteiger partial charge in [-0.15, -0.1) is 0 Å². The normalized spacial score (nSPS) is 10.8. The molecule has 2 aromatic heterocycles. The Hall–Kier alpha value is -1.78. The fourth-order valence-corrected chi connectivity index (χ4v) is 1.63. The van der Waals surface area contributed by atoms with Crippen LogP contribution >= 0.6 is 0 Å². The summed E-state index contributed by atoms with van der Waals surface area (Å²) < 4.78 is 1.57. The molecule has 72 valence electrons. The number of hydrogen-bond acceptors (Lipinski definition) is 4. The second-order valence-electron chi connectivity index (χ2n) is 3.19. The van der Waals surface area contributed by atoms with E-state index < -0.39 is 0 Å². The number of Topliss-reactive ketones (excluding diaryl/α,β-unsaturated/α-hetero) is 1. The number of carbonyl (C=O) groups excluding carboxylic acids is 1. The first kappa shape index (κ1) is 8.80. The van der Waals surface area contributed by atoms with Gasteiger partial charge in [-0.1, -0.05) is 0 Å². The van der Waals surface area contributed by atoms with Gasteiger partial charge in [0.05, 0.1) is 17.0 Å². The van der Waals surface area contributed by atoms with E-state index in [4.69, 9.17) is 0 Å². The van der Waals surface area contributed by atoms with Gasteiger partial charge in [-0.25, -0.2) is 9.50 Å². The van der Waals surface area contributed by atoms with Crippen molar-refractivity contribution < 1.29 is 4.79 Å². The lowest BCUT2D eigenvalue weighted by Crippen LogP contribution is -2.08. The van der Waals surface area contributed by atoms with Crippen LogP contribution in [-0.4, -0.2) is 25.4 Å². The van der Waals surface area contributed by atoms with E-state index in [0.29, 0.717) is 17.0 Å². The van der Waals surface area contributed by atoms with Crippen LogP contribution in [0.15, 0.2) is 6.33 Å². The number of rotatable bonds is 1. The SMILES string of the molecule is CC(=O)c1c(C)nc2ncnn2c1C. The molecule has 0 fully saturated rings. The second-order valence-corrected chi connectivity index (χ2v) is 3.19. The monoisotopic (exact) mass is 190 g/mol. The highest BCUT2D eigenvalue weighted by molar-refractivity contribution is 5.96. The molecule has 0 aliphatic rings. The molecule has 2 aromatic rings. The van der Waals surface area contributed by atoms with Crippen LogP contribution < -0.4 is 0 Å². The highest BCUT2D eigenvalue weighted by Gasteiger charge is 2.13. The van der Waals surface area contributed by atoms with E-state index in [0.717, 1.165) is 5.69 Å². The van der Waals surface area contributed by atoms with Gasteiger partial charge in [0.25, 0.3) is 5.78 Å². The van der Waals surface area contributed by atoms with Gasteiger partial charge in [0, 0.05) is 0 Å². The summed E-state index contributed by atoms with van der Waals surface area (Å²) >= 11 is 0. The average molecular weight is 190 g/mol. The molecule has 0 atom stereocenters. The zero-order chi connectivity index (χ0) is 10.3. The van der Waals surface area contributed by atoms with Crippen LogP contribution in [0.25, 0.3) is 5.78 Å². The Bertz CT molecular complexity index is 515. The van der Waals surface area contributed by atoms with Crippen molar-refractivity contribution >= 4 is 11.6 Å². The molecule has 0 radical (unpaired) electrons. The minimum absolute atomic E-state index is 0.00454. The molecule has 0 aromatic carbocycles. The molecule has 0 saturated carbocycles. The molecule has 5 heteroatoms. The minimum atomic E-state index is 0.00454. The Kier molecular flexibility index (Phi) is 1.80. The third-order valence-corrected chi connectivity index (χ3v) is 2.19. The molecular formula is C9H10N4O. The molecule has 0 saturated heterocycles. The van der Waals surface area contributed by atoms with Crippen LogP contribution in [0.5, 0.6) is 0 Å². The highest BCUT2D eigenvalue weighted by Crippen LogP contribution is 2.12. The lowest BCUT2D eigenvalue weighted by atomic mass is 10.1. The van der Waals surface area contributed by atoms with Crippen LogP contribution in [0.3, 0.4) is 0 Å². The summed E-state index contributed by atoms with van der Waals surface area (Å²) in [6.45, 7) is 5.17. The topological polar surface area (TPSA) is 60.2 Å². The lowest BCUT2D eigenvalue weighted by molar-refractivity contribution is 0.101. The Labute approximate surface area is 80.8 Å². The largest absolute Gasteiger partial charge is 0.294 e. The fourth-order valence-electron chi connectivity index (χ4n) is 1.63. The number of aryl methyl sites for hydroxylation is 2. The van der Waals surface area contributed by atoms with E-state index >= 15 is 0 Å². The first-order chi connectivity index (χ1) is 6.61. The van der Waals surface area contributed by atoms with Gasteiger partial charge in [0.1, 0.15) is 6.33 Å². The van der Waals surface area contributed by atoms with Crippen molar-refractivity contribution in [2.45, 2.75) is 20.8 Å². The molecule has 0 aliphatic carbocycles. The van der Waals surface area contributed by atoms with E-state index in [-0.39, 0.29) is 5.78 Å². The maximum atomic E-state index is 11.4. The van der Waals surface area contributed by atoms with Crippen molar-refractivity contribution in [1.82, 2.24) is 19.6 Å². The summed E-state index contributed by atoms with van der Waals surface area (Å²) in [5.74, 6) is 0.537. The van der Waals surface area contributed by atoms with Crippen molar-refractivity contribution in [3.05, 3.63) is 23.3 Å². The smallest absolute Gasteiger partial charge is 0.252 e. The van der Waals surface area contributed by atoms with Crippen LogP contribution in [-0.2, 0) is 0 Å². The van der Waals surface area contributed by atoms with Gasteiger partial charge in [-0.05, 0) is 20.8 Å². The molecular weight excluding hydrogens is 180 g/mol. The van der Waals surface area contributed by atoms with Crippen LogP contribution in [0.2, 0.25) is 0 Å². The first-order valence-corrected chi connectivity index (χ1v) is 4.29. The number of aromatic nitrogens is 4. The molecule has 0 bridgehead atoms. The molecule has 0 spiro atoms. The Morgan fingerprint density at radius 2 is 2.14 bits per heavy atom. The second kappa shape index (κ2) is 2.87. The van der Waals surface area contributed by atoms with Crippen LogP contribution in [0, 0.1) is 13.8 Å². The van der Waals surface area contributed by atoms with E-state index in [9.17, 15) is 4.79 Å². The highest BCUT2D eigenvalue weighted by atomic mass is 16.1. The first-order valence-electron chi connectivity index (χ1n) is 4.29. The number of hydrogen-bond donors (Lipinski definition) is 0. The van der Waals surface area contributed by atoms with Crippen LogP contribution in [0.4, 0.5) is 0 Å². The molecule has 0 aliphatic heterocycles. The molecule has 0 amide bonds. The summed E-state index contributed by atoms with van der Waals surface area (Å²) in [5.41, 5.74) is 2.12. The van der Waals surface area contributed by atoms with Gasteiger partial charge < -0.3 is 0 Å². The van der Waals surface area contributed by atoms with Crippen molar-refractivity contribution in [2.75, 3.05) is 0 Å². The third-order valence-electron chi connectivity index (χ3n) is 2.19. The van der Waals surface area contributed by atoms with Crippen molar-refractivity contribution in [2.24, 2.45) is 0 Å². The van der Waals surface area contributed by atoms with Gasteiger partial charge in [-0.3, -0.25) is 4.79 Å². The zero-order valence-corrected chi connectivity index (χ0v) is 8.27. The molecule has 2 heterocycles. The molecule has 14 heavy (non-hydrogen) atoms. The summed E-state index contributed by atoms with van der Waals surface area (Å²) in [7, 11) is 0. The molecule has 0 N–H and O–H groups in total. The minimum Gasteiger partial charge on any atom is -0.294 e. The Balaban J connectivity index is 2.89. The molecule has 0 unspecified atom stereocenters. The van der Waals surface area contributed by atoms with Gasteiger partial charge in [0.2, 0.25) is 0 Å². The summed E-state index contributed by atoms with van der Waals surface area (Å²) in [4.78, 5) is 19.5. The van der Waals surface area contributed by atoms with Crippen molar-refractivity contribution in [1.29, 1.82) is 0 Å². The molecule has 2 rings (SSSR count). The van der Waals surface area contributed by atoms with Gasteiger partial charge in [0.15, 0.2) is 5.78 Å². The summed E-state index contributed by atoms with van der Waals surface area (Å²) in [6.07, 6.45) is 1.43. The number of fused-ring (bicyclic) bond motifs is 1. The third kappa shape index (κ3) is 1.09. The maximum absolute atomic E-state index is 11.4. The van der Waals surface area contributed by atoms with Crippen molar-refractivity contribution in [3.8, 4) is 0 Å². The Morgan fingerprint density at radius 3 is 2.79 bits per heavy atom. The number of nitrogens with zero attached hydrogens (tertiary/aromatic N) is 4. The zero-order valence-electron chi connectivity index (χ0n) is 8.27. The lowest BCUT2D eigenvalue weighted by Gasteiger charge is -2.06. The molecule has 5 nitrogen and oxygen atoms in total. The fraction of sp³-hybridized carbons (Fsp3) is 0.333. The summed E-state index contributed by atoms with van der Waals surface area (Å²) in [5, 5.41) is 3.99. The van der Waals surface area contributed by atoms with E-state index in [1.54, 1.807) is 11.4 Å². The summed E-state index contributed by atoms with van der Waals surface area (Å²) in [6, 6.07) is 0. The van der Waals surface area contributed by atoms with Crippen molar-refractivity contribution in [3.63, 3.8) is 0 Å². The predicted octanol–water partition coefficient (Wildman–Crippen LogP) is 0.944. The van der Waals surface area contributed by atoms with Gasteiger partial charge in [-0.2, -0.15) is 10.1 Å². The van der Waals surface area contributed by atoms with Gasteiger partial charge >= 0.3 is 0 Å².